The normalized spacial score (nSPS) is 24.8. The van der Waals surface area contributed by atoms with Gasteiger partial charge in [-0.15, -0.1) is 0 Å². The van der Waals surface area contributed by atoms with Crippen LogP contribution in [0.5, 0.6) is 0 Å². The van der Waals surface area contributed by atoms with Crippen LogP contribution in [0.15, 0.2) is 12.3 Å². The second-order valence-corrected chi connectivity index (χ2v) is 8.63. The summed E-state index contributed by atoms with van der Waals surface area (Å²) in [4.78, 5) is 28.3. The maximum absolute atomic E-state index is 12.5. The highest BCUT2D eigenvalue weighted by Crippen LogP contribution is 2.41. The second-order valence-electron chi connectivity index (χ2n) is 8.63. The third-order valence-corrected chi connectivity index (χ3v) is 6.80. The van der Waals surface area contributed by atoms with Crippen molar-refractivity contribution in [3.63, 3.8) is 0 Å². The van der Waals surface area contributed by atoms with Gasteiger partial charge in [-0.2, -0.15) is 4.98 Å². The van der Waals surface area contributed by atoms with Gasteiger partial charge in [0.1, 0.15) is 5.82 Å². The molecule has 1 spiro atoms. The predicted molar refractivity (Wildman–Crippen MR) is 110 cm³/mol. The lowest BCUT2D eigenvalue weighted by atomic mass is 9.72. The van der Waals surface area contributed by atoms with E-state index in [1.807, 2.05) is 12.3 Å². The van der Waals surface area contributed by atoms with Crippen molar-refractivity contribution in [1.82, 2.24) is 14.9 Å². The van der Waals surface area contributed by atoms with Crippen molar-refractivity contribution in [1.29, 1.82) is 0 Å². The minimum atomic E-state index is 0.242. The molecule has 1 aromatic heterocycles. The molecule has 1 aromatic rings. The van der Waals surface area contributed by atoms with Gasteiger partial charge in [-0.1, -0.05) is 0 Å². The van der Waals surface area contributed by atoms with E-state index in [0.717, 1.165) is 83.2 Å². The average Bonchev–Trinajstić information content (AvgIpc) is 3.24. The van der Waals surface area contributed by atoms with Gasteiger partial charge in [-0.05, 0) is 50.5 Å². The highest BCUT2D eigenvalue weighted by atomic mass is 16.5. The van der Waals surface area contributed by atoms with Crippen LogP contribution >= 0.6 is 0 Å². The summed E-state index contributed by atoms with van der Waals surface area (Å²) in [6.45, 7) is 7.48. The molecule has 7 nitrogen and oxygen atoms in total. The Bertz CT molecular complexity index is 683. The smallest absolute Gasteiger partial charge is 0.227 e. The number of ether oxygens (including phenoxy) is 1. The van der Waals surface area contributed by atoms with E-state index in [-0.39, 0.29) is 11.5 Å². The van der Waals surface area contributed by atoms with Crippen molar-refractivity contribution in [3.05, 3.63) is 12.3 Å². The standard InChI is InChI=1S/C21H33N5O2/c1-3-24(2)18-7-11-22-20(23-18)25-12-9-21(10-13-25)8-6-19(27)26(16-21)15-17-5-4-14-28-17/h7,11,17H,3-6,8-10,12-16H2,1-2H3. The van der Waals surface area contributed by atoms with Crippen molar-refractivity contribution in [2.75, 3.05) is 56.2 Å². The zero-order valence-corrected chi connectivity index (χ0v) is 17.3. The molecule has 154 valence electrons. The van der Waals surface area contributed by atoms with Crippen molar-refractivity contribution in [2.24, 2.45) is 5.41 Å². The largest absolute Gasteiger partial charge is 0.376 e. The quantitative estimate of drug-likeness (QED) is 0.773. The van der Waals surface area contributed by atoms with Crippen molar-refractivity contribution < 1.29 is 9.53 Å². The Labute approximate surface area is 168 Å². The number of anilines is 2. The molecule has 3 saturated heterocycles. The van der Waals surface area contributed by atoms with Crippen LogP contribution in [0.25, 0.3) is 0 Å². The van der Waals surface area contributed by atoms with Gasteiger partial charge in [-0.25, -0.2) is 4.98 Å². The molecule has 4 rings (SSSR count). The van der Waals surface area contributed by atoms with Crippen molar-refractivity contribution in [3.8, 4) is 0 Å². The lowest BCUT2D eigenvalue weighted by Crippen LogP contribution is -2.53. The Balaban J connectivity index is 1.38. The van der Waals surface area contributed by atoms with Crippen LogP contribution < -0.4 is 9.80 Å². The molecule has 1 amide bonds. The highest BCUT2D eigenvalue weighted by molar-refractivity contribution is 5.77. The Hall–Kier alpha value is -1.89. The first-order valence-corrected chi connectivity index (χ1v) is 10.8. The number of aromatic nitrogens is 2. The molecule has 4 heterocycles. The molecule has 0 saturated carbocycles. The number of amides is 1. The first-order valence-electron chi connectivity index (χ1n) is 10.8. The van der Waals surface area contributed by atoms with Gasteiger partial charge in [-0.3, -0.25) is 4.79 Å². The Morgan fingerprint density at radius 1 is 1.32 bits per heavy atom. The molecule has 1 unspecified atom stereocenters. The molecule has 3 fully saturated rings. The number of hydrogen-bond donors (Lipinski definition) is 0. The molecule has 1 atom stereocenters. The number of nitrogens with zero attached hydrogens (tertiary/aromatic N) is 5. The Morgan fingerprint density at radius 3 is 2.86 bits per heavy atom. The maximum Gasteiger partial charge on any atom is 0.227 e. The molecule has 28 heavy (non-hydrogen) atoms. The maximum atomic E-state index is 12.5. The van der Waals surface area contributed by atoms with Crippen LogP contribution in [-0.2, 0) is 9.53 Å². The third-order valence-electron chi connectivity index (χ3n) is 6.80. The summed E-state index contributed by atoms with van der Waals surface area (Å²) >= 11 is 0. The van der Waals surface area contributed by atoms with E-state index >= 15 is 0 Å². The molecule has 0 N–H and O–H groups in total. The number of carbonyl (C=O) groups excluding carboxylic acids is 1. The van der Waals surface area contributed by atoms with Crippen LogP contribution in [0.3, 0.4) is 0 Å². The van der Waals surface area contributed by atoms with Gasteiger partial charge in [0.25, 0.3) is 0 Å². The van der Waals surface area contributed by atoms with Gasteiger partial charge in [0, 0.05) is 59.0 Å². The molecule has 7 heteroatoms. The number of hydrogen-bond acceptors (Lipinski definition) is 6. The number of rotatable bonds is 5. The molecule has 3 aliphatic rings. The summed E-state index contributed by atoms with van der Waals surface area (Å²) in [5, 5.41) is 0. The van der Waals surface area contributed by atoms with E-state index in [2.05, 4.69) is 33.7 Å². The Morgan fingerprint density at radius 2 is 2.14 bits per heavy atom. The summed E-state index contributed by atoms with van der Waals surface area (Å²) in [6.07, 6.45) is 8.20. The van der Waals surface area contributed by atoms with E-state index in [4.69, 9.17) is 9.72 Å². The molecule has 0 bridgehead atoms. The zero-order valence-electron chi connectivity index (χ0n) is 17.3. The van der Waals surface area contributed by atoms with E-state index in [0.29, 0.717) is 12.3 Å². The molecular weight excluding hydrogens is 354 g/mol. The number of carbonyl (C=O) groups is 1. The molecule has 0 aliphatic carbocycles. The number of likely N-dealkylation sites (tertiary alicyclic amines) is 1. The second kappa shape index (κ2) is 8.23. The van der Waals surface area contributed by atoms with Crippen LogP contribution in [-0.4, -0.2) is 73.3 Å². The topological polar surface area (TPSA) is 61.8 Å². The predicted octanol–water partition coefficient (Wildman–Crippen LogP) is 2.32. The fourth-order valence-corrected chi connectivity index (χ4v) is 4.76. The molecular formula is C21H33N5O2. The summed E-state index contributed by atoms with van der Waals surface area (Å²) in [6, 6.07) is 1.97. The highest BCUT2D eigenvalue weighted by Gasteiger charge is 2.42. The summed E-state index contributed by atoms with van der Waals surface area (Å²) < 4.78 is 5.77. The SMILES string of the molecule is CCN(C)c1ccnc(N2CCC3(CCC(=O)N(CC4CCCO4)C3)CC2)n1. The first kappa shape index (κ1) is 19.4. The van der Waals surface area contributed by atoms with Gasteiger partial charge in [0.15, 0.2) is 0 Å². The summed E-state index contributed by atoms with van der Waals surface area (Å²) in [5.41, 5.74) is 0.251. The molecule has 3 aliphatic heterocycles. The average molecular weight is 388 g/mol. The number of piperidine rings is 2. The van der Waals surface area contributed by atoms with E-state index in [1.54, 1.807) is 0 Å². The van der Waals surface area contributed by atoms with E-state index in [9.17, 15) is 4.79 Å². The van der Waals surface area contributed by atoms with Crippen LogP contribution in [0, 0.1) is 5.41 Å². The monoisotopic (exact) mass is 387 g/mol. The van der Waals surface area contributed by atoms with Crippen LogP contribution in [0.1, 0.15) is 45.4 Å². The molecule has 0 aromatic carbocycles. The van der Waals surface area contributed by atoms with E-state index in [1.165, 1.54) is 0 Å². The lowest BCUT2D eigenvalue weighted by Gasteiger charge is -2.47. The zero-order chi connectivity index (χ0) is 19.6. The fourth-order valence-electron chi connectivity index (χ4n) is 4.76. The van der Waals surface area contributed by atoms with Crippen LogP contribution in [0.4, 0.5) is 11.8 Å². The third kappa shape index (κ3) is 4.09. The fraction of sp³-hybridized carbons (Fsp3) is 0.762. The van der Waals surface area contributed by atoms with Crippen molar-refractivity contribution in [2.45, 2.75) is 51.6 Å². The van der Waals surface area contributed by atoms with Gasteiger partial charge in [0.05, 0.1) is 6.10 Å². The molecule has 0 radical (unpaired) electrons. The van der Waals surface area contributed by atoms with Gasteiger partial charge < -0.3 is 19.4 Å². The summed E-state index contributed by atoms with van der Waals surface area (Å²) in [5.74, 6) is 2.11. The van der Waals surface area contributed by atoms with Gasteiger partial charge in [0.2, 0.25) is 11.9 Å². The first-order chi connectivity index (χ1) is 13.6. The van der Waals surface area contributed by atoms with Crippen LogP contribution in [0.2, 0.25) is 0 Å². The van der Waals surface area contributed by atoms with Gasteiger partial charge >= 0.3 is 0 Å². The van der Waals surface area contributed by atoms with Crippen molar-refractivity contribution >= 4 is 17.7 Å². The van der Waals surface area contributed by atoms with E-state index < -0.39 is 0 Å². The minimum absolute atomic E-state index is 0.242. The minimum Gasteiger partial charge on any atom is -0.376 e. The lowest BCUT2D eigenvalue weighted by molar-refractivity contribution is -0.140. The Kier molecular flexibility index (Phi) is 5.71. The summed E-state index contributed by atoms with van der Waals surface area (Å²) in [7, 11) is 2.05.